The molecule has 0 bridgehead atoms. The zero-order valence-corrected chi connectivity index (χ0v) is 11.3. The number of carbonyl (C=O) groups is 1. The third-order valence-electron chi connectivity index (χ3n) is 2.63. The quantitative estimate of drug-likeness (QED) is 0.739. The standard InChI is InChI=1S/C13H15N3O2S/c1-8-16-11(7-19-8)13(18)15-6-12(17)9-2-4-10(14)5-3-9/h2-5,7,12,17H,6,14H2,1H3,(H,15,18). The van der Waals surface area contributed by atoms with Gasteiger partial charge in [-0.1, -0.05) is 12.1 Å². The summed E-state index contributed by atoms with van der Waals surface area (Å²) in [6.07, 6.45) is -0.760. The number of anilines is 1. The van der Waals surface area contributed by atoms with Gasteiger partial charge in [-0.3, -0.25) is 4.79 Å². The van der Waals surface area contributed by atoms with E-state index in [1.54, 1.807) is 29.6 Å². The number of rotatable bonds is 4. The van der Waals surface area contributed by atoms with Crippen molar-refractivity contribution < 1.29 is 9.90 Å². The lowest BCUT2D eigenvalue weighted by Gasteiger charge is -2.11. The second kappa shape index (κ2) is 5.81. The van der Waals surface area contributed by atoms with Gasteiger partial charge in [-0.25, -0.2) is 4.98 Å². The first-order valence-corrected chi connectivity index (χ1v) is 6.68. The van der Waals surface area contributed by atoms with E-state index >= 15 is 0 Å². The summed E-state index contributed by atoms with van der Waals surface area (Å²) in [6, 6.07) is 6.90. The van der Waals surface area contributed by atoms with Gasteiger partial charge in [-0.2, -0.15) is 0 Å². The largest absolute Gasteiger partial charge is 0.399 e. The van der Waals surface area contributed by atoms with Crippen molar-refractivity contribution in [2.75, 3.05) is 12.3 Å². The van der Waals surface area contributed by atoms with Crippen LogP contribution < -0.4 is 11.1 Å². The van der Waals surface area contributed by atoms with Gasteiger partial charge in [0.1, 0.15) is 5.69 Å². The van der Waals surface area contributed by atoms with E-state index in [9.17, 15) is 9.90 Å². The molecule has 100 valence electrons. The van der Waals surface area contributed by atoms with Gasteiger partial charge in [0.2, 0.25) is 0 Å². The van der Waals surface area contributed by atoms with Crippen molar-refractivity contribution in [2.24, 2.45) is 0 Å². The number of hydrogen-bond acceptors (Lipinski definition) is 5. The number of aliphatic hydroxyl groups is 1. The van der Waals surface area contributed by atoms with Crippen LogP contribution in [0.2, 0.25) is 0 Å². The maximum absolute atomic E-state index is 11.7. The highest BCUT2D eigenvalue weighted by Crippen LogP contribution is 2.14. The number of nitrogens with zero attached hydrogens (tertiary/aromatic N) is 1. The Morgan fingerprint density at radius 2 is 2.16 bits per heavy atom. The molecule has 1 aromatic carbocycles. The number of aromatic nitrogens is 1. The summed E-state index contributed by atoms with van der Waals surface area (Å²) in [7, 11) is 0. The van der Waals surface area contributed by atoms with Crippen LogP contribution in [0.5, 0.6) is 0 Å². The first kappa shape index (κ1) is 13.5. The van der Waals surface area contributed by atoms with Crippen LogP contribution in [0.15, 0.2) is 29.6 Å². The van der Waals surface area contributed by atoms with E-state index in [4.69, 9.17) is 5.73 Å². The number of aryl methyl sites for hydroxylation is 1. The maximum Gasteiger partial charge on any atom is 0.270 e. The Morgan fingerprint density at radius 1 is 1.47 bits per heavy atom. The van der Waals surface area contributed by atoms with Gasteiger partial charge >= 0.3 is 0 Å². The lowest BCUT2D eigenvalue weighted by atomic mass is 10.1. The Balaban J connectivity index is 1.91. The minimum absolute atomic E-state index is 0.138. The highest BCUT2D eigenvalue weighted by Gasteiger charge is 2.12. The molecule has 2 aromatic rings. The van der Waals surface area contributed by atoms with Crippen molar-refractivity contribution in [1.29, 1.82) is 0 Å². The summed E-state index contributed by atoms with van der Waals surface area (Å²) < 4.78 is 0. The van der Waals surface area contributed by atoms with E-state index in [0.717, 1.165) is 5.01 Å². The lowest BCUT2D eigenvalue weighted by Crippen LogP contribution is -2.28. The summed E-state index contributed by atoms with van der Waals surface area (Å²) in [5.74, 6) is -0.279. The summed E-state index contributed by atoms with van der Waals surface area (Å²) in [6.45, 7) is 1.98. The molecule has 1 amide bonds. The zero-order valence-electron chi connectivity index (χ0n) is 10.5. The van der Waals surface area contributed by atoms with Gasteiger partial charge in [0.15, 0.2) is 0 Å². The Kier molecular flexibility index (Phi) is 4.13. The monoisotopic (exact) mass is 277 g/mol. The van der Waals surface area contributed by atoms with Gasteiger partial charge in [-0.05, 0) is 24.6 Å². The third kappa shape index (κ3) is 3.52. The molecule has 19 heavy (non-hydrogen) atoms. The van der Waals surface area contributed by atoms with Crippen molar-refractivity contribution in [1.82, 2.24) is 10.3 Å². The molecule has 0 saturated heterocycles. The van der Waals surface area contributed by atoms with Gasteiger partial charge in [0.05, 0.1) is 11.1 Å². The molecule has 0 fully saturated rings. The Labute approximate surface area is 115 Å². The Bertz CT molecular complexity index is 566. The fourth-order valence-electron chi connectivity index (χ4n) is 1.58. The average molecular weight is 277 g/mol. The normalized spacial score (nSPS) is 12.1. The molecule has 6 heteroatoms. The van der Waals surface area contributed by atoms with Crippen LogP contribution >= 0.6 is 11.3 Å². The first-order chi connectivity index (χ1) is 9.06. The summed E-state index contributed by atoms with van der Waals surface area (Å²) in [4.78, 5) is 15.8. The van der Waals surface area contributed by atoms with Crippen molar-refractivity contribution >= 4 is 22.9 Å². The van der Waals surface area contributed by atoms with Crippen LogP contribution in [-0.4, -0.2) is 22.5 Å². The van der Waals surface area contributed by atoms with E-state index in [0.29, 0.717) is 16.9 Å². The molecule has 1 unspecified atom stereocenters. The summed E-state index contributed by atoms with van der Waals surface area (Å²) >= 11 is 1.42. The van der Waals surface area contributed by atoms with Gasteiger partial charge in [-0.15, -0.1) is 11.3 Å². The van der Waals surface area contributed by atoms with Gasteiger partial charge in [0, 0.05) is 17.6 Å². The zero-order chi connectivity index (χ0) is 13.8. The molecule has 2 rings (SSSR count). The summed E-state index contributed by atoms with van der Waals surface area (Å²) in [5.41, 5.74) is 7.30. The minimum atomic E-state index is -0.760. The Hall–Kier alpha value is -1.92. The third-order valence-corrected chi connectivity index (χ3v) is 3.40. The number of nitrogen functional groups attached to an aromatic ring is 1. The fraction of sp³-hybridized carbons (Fsp3) is 0.231. The molecule has 1 atom stereocenters. The number of hydrogen-bond donors (Lipinski definition) is 3. The summed E-state index contributed by atoms with van der Waals surface area (Å²) in [5, 5.41) is 15.1. The number of carbonyl (C=O) groups excluding carboxylic acids is 1. The smallest absolute Gasteiger partial charge is 0.270 e. The lowest BCUT2D eigenvalue weighted by molar-refractivity contribution is 0.0912. The fourth-order valence-corrected chi connectivity index (χ4v) is 2.18. The number of benzene rings is 1. The number of thiazole rings is 1. The Morgan fingerprint density at radius 3 is 2.74 bits per heavy atom. The van der Waals surface area contributed by atoms with Crippen molar-refractivity contribution in [3.63, 3.8) is 0 Å². The van der Waals surface area contributed by atoms with E-state index in [-0.39, 0.29) is 12.5 Å². The number of aliphatic hydroxyl groups excluding tert-OH is 1. The van der Waals surface area contributed by atoms with E-state index in [1.807, 2.05) is 6.92 Å². The van der Waals surface area contributed by atoms with Crippen LogP contribution in [-0.2, 0) is 0 Å². The van der Waals surface area contributed by atoms with E-state index in [2.05, 4.69) is 10.3 Å². The second-order valence-electron chi connectivity index (χ2n) is 4.14. The molecule has 0 saturated carbocycles. The molecule has 1 aromatic heterocycles. The van der Waals surface area contributed by atoms with Crippen LogP contribution in [0.4, 0.5) is 5.69 Å². The molecule has 0 spiro atoms. The molecule has 0 aliphatic heterocycles. The van der Waals surface area contributed by atoms with Gasteiger partial charge < -0.3 is 16.2 Å². The number of nitrogens with two attached hydrogens (primary N) is 1. The van der Waals surface area contributed by atoms with Crippen LogP contribution in [0.3, 0.4) is 0 Å². The number of nitrogens with one attached hydrogen (secondary N) is 1. The predicted molar refractivity (Wildman–Crippen MR) is 75.0 cm³/mol. The minimum Gasteiger partial charge on any atom is -0.399 e. The first-order valence-electron chi connectivity index (χ1n) is 5.80. The average Bonchev–Trinajstić information content (AvgIpc) is 2.83. The second-order valence-corrected chi connectivity index (χ2v) is 5.21. The molecule has 5 nitrogen and oxygen atoms in total. The molecule has 1 heterocycles. The topological polar surface area (TPSA) is 88.2 Å². The molecular formula is C13H15N3O2S. The molecule has 0 aliphatic carbocycles. The van der Waals surface area contributed by atoms with Crippen LogP contribution in [0, 0.1) is 6.92 Å². The van der Waals surface area contributed by atoms with Crippen LogP contribution in [0.25, 0.3) is 0 Å². The molecule has 4 N–H and O–H groups in total. The number of amides is 1. The van der Waals surface area contributed by atoms with Crippen molar-refractivity contribution in [3.8, 4) is 0 Å². The molecule has 0 radical (unpaired) electrons. The van der Waals surface area contributed by atoms with E-state index < -0.39 is 6.10 Å². The highest BCUT2D eigenvalue weighted by molar-refractivity contribution is 7.09. The predicted octanol–water partition coefficient (Wildman–Crippen LogP) is 1.50. The van der Waals surface area contributed by atoms with Crippen molar-refractivity contribution in [3.05, 3.63) is 45.9 Å². The SMILES string of the molecule is Cc1nc(C(=O)NCC(O)c2ccc(N)cc2)cs1. The highest BCUT2D eigenvalue weighted by atomic mass is 32.1. The molecular weight excluding hydrogens is 262 g/mol. The van der Waals surface area contributed by atoms with Gasteiger partial charge in [0.25, 0.3) is 5.91 Å². The maximum atomic E-state index is 11.7. The van der Waals surface area contributed by atoms with Crippen LogP contribution in [0.1, 0.15) is 27.2 Å². The van der Waals surface area contributed by atoms with Crippen molar-refractivity contribution in [2.45, 2.75) is 13.0 Å². The van der Waals surface area contributed by atoms with E-state index in [1.165, 1.54) is 11.3 Å². The molecule has 0 aliphatic rings.